The Morgan fingerprint density at radius 2 is 1.95 bits per heavy atom. The second kappa shape index (κ2) is 5.22. The SMILES string of the molecule is N[C@H](C(=O)O)C1(c2ccc(F)c(F)c2)CCOCC1. The first-order chi connectivity index (χ1) is 8.97. The van der Waals surface area contributed by atoms with Crippen LogP contribution in [0.5, 0.6) is 0 Å². The van der Waals surface area contributed by atoms with Crippen LogP contribution < -0.4 is 5.73 Å². The number of ether oxygens (including phenoxy) is 1. The van der Waals surface area contributed by atoms with E-state index in [0.717, 1.165) is 12.1 Å². The number of aliphatic carboxylic acids is 1. The lowest BCUT2D eigenvalue weighted by atomic mass is 9.69. The molecule has 1 aromatic carbocycles. The molecule has 0 bridgehead atoms. The fourth-order valence-corrected chi connectivity index (χ4v) is 2.56. The van der Waals surface area contributed by atoms with E-state index < -0.39 is 29.1 Å². The van der Waals surface area contributed by atoms with Gasteiger partial charge in [0.15, 0.2) is 11.6 Å². The number of halogens is 2. The molecule has 0 saturated carbocycles. The van der Waals surface area contributed by atoms with Gasteiger partial charge in [0.2, 0.25) is 0 Å². The van der Waals surface area contributed by atoms with Crippen molar-refractivity contribution < 1.29 is 23.4 Å². The summed E-state index contributed by atoms with van der Waals surface area (Å²) in [5.74, 6) is -3.12. The number of carboxylic acid groups (broad SMARTS) is 1. The minimum absolute atomic E-state index is 0.347. The maximum Gasteiger partial charge on any atom is 0.321 e. The highest BCUT2D eigenvalue weighted by molar-refractivity contribution is 5.76. The zero-order valence-corrected chi connectivity index (χ0v) is 10.2. The van der Waals surface area contributed by atoms with Crippen LogP contribution in [0.1, 0.15) is 18.4 Å². The van der Waals surface area contributed by atoms with Crippen molar-refractivity contribution in [1.29, 1.82) is 0 Å². The van der Waals surface area contributed by atoms with E-state index in [9.17, 15) is 13.6 Å². The molecule has 104 valence electrons. The molecule has 0 aliphatic carbocycles. The van der Waals surface area contributed by atoms with Crippen LogP contribution in [0.25, 0.3) is 0 Å². The first-order valence-corrected chi connectivity index (χ1v) is 5.99. The van der Waals surface area contributed by atoms with Gasteiger partial charge in [-0.3, -0.25) is 4.79 Å². The van der Waals surface area contributed by atoms with Crippen molar-refractivity contribution in [1.82, 2.24) is 0 Å². The Hall–Kier alpha value is -1.53. The first-order valence-electron chi connectivity index (χ1n) is 5.99. The molecule has 1 heterocycles. The Bertz CT molecular complexity index is 487. The molecule has 1 saturated heterocycles. The van der Waals surface area contributed by atoms with Crippen molar-refractivity contribution in [2.45, 2.75) is 24.3 Å². The fourth-order valence-electron chi connectivity index (χ4n) is 2.56. The van der Waals surface area contributed by atoms with Gasteiger partial charge in [0.1, 0.15) is 6.04 Å². The van der Waals surface area contributed by atoms with E-state index in [2.05, 4.69) is 0 Å². The highest BCUT2D eigenvalue weighted by atomic mass is 19.2. The molecule has 2 rings (SSSR count). The van der Waals surface area contributed by atoms with Gasteiger partial charge in [0.25, 0.3) is 0 Å². The molecule has 0 amide bonds. The maximum absolute atomic E-state index is 13.4. The molecule has 19 heavy (non-hydrogen) atoms. The van der Waals surface area contributed by atoms with E-state index in [1.807, 2.05) is 0 Å². The molecular weight excluding hydrogens is 256 g/mol. The van der Waals surface area contributed by atoms with E-state index in [1.54, 1.807) is 0 Å². The third-order valence-corrected chi connectivity index (χ3v) is 3.74. The van der Waals surface area contributed by atoms with Crippen LogP contribution in [-0.4, -0.2) is 30.3 Å². The topological polar surface area (TPSA) is 72.6 Å². The van der Waals surface area contributed by atoms with Crippen LogP contribution in [0.15, 0.2) is 18.2 Å². The van der Waals surface area contributed by atoms with E-state index in [-0.39, 0.29) is 0 Å². The van der Waals surface area contributed by atoms with Gasteiger partial charge >= 0.3 is 5.97 Å². The predicted molar refractivity (Wildman–Crippen MR) is 63.7 cm³/mol. The van der Waals surface area contributed by atoms with Gasteiger partial charge in [-0.25, -0.2) is 8.78 Å². The summed E-state index contributed by atoms with van der Waals surface area (Å²) in [7, 11) is 0. The number of rotatable bonds is 3. The van der Waals surface area contributed by atoms with E-state index in [4.69, 9.17) is 15.6 Å². The Kier molecular flexibility index (Phi) is 3.82. The van der Waals surface area contributed by atoms with Gasteiger partial charge in [-0.15, -0.1) is 0 Å². The second-order valence-electron chi connectivity index (χ2n) is 4.71. The van der Waals surface area contributed by atoms with Crippen molar-refractivity contribution in [2.24, 2.45) is 5.73 Å². The van der Waals surface area contributed by atoms with Crippen molar-refractivity contribution in [2.75, 3.05) is 13.2 Å². The molecule has 3 N–H and O–H groups in total. The highest BCUT2D eigenvalue weighted by Crippen LogP contribution is 2.38. The summed E-state index contributed by atoms with van der Waals surface area (Å²) in [6.45, 7) is 0.694. The van der Waals surface area contributed by atoms with E-state index in [0.29, 0.717) is 31.6 Å². The number of hydrogen-bond acceptors (Lipinski definition) is 3. The average Bonchev–Trinajstić information content (AvgIpc) is 2.41. The van der Waals surface area contributed by atoms with Crippen LogP contribution in [0.2, 0.25) is 0 Å². The zero-order chi connectivity index (χ0) is 14.0. The minimum Gasteiger partial charge on any atom is -0.480 e. The van der Waals surface area contributed by atoms with Crippen molar-refractivity contribution in [3.05, 3.63) is 35.4 Å². The molecule has 1 aliphatic rings. The number of benzene rings is 1. The molecular formula is C13H15F2NO3. The molecule has 1 aliphatic heterocycles. The first kappa shape index (κ1) is 13.9. The maximum atomic E-state index is 13.4. The normalized spacial score (nSPS) is 19.9. The fraction of sp³-hybridized carbons (Fsp3) is 0.462. The lowest BCUT2D eigenvalue weighted by molar-refractivity contribution is -0.141. The molecule has 4 nitrogen and oxygen atoms in total. The molecule has 0 aromatic heterocycles. The lowest BCUT2D eigenvalue weighted by Crippen LogP contribution is -2.53. The summed E-state index contributed by atoms with van der Waals surface area (Å²) < 4.78 is 31.6. The zero-order valence-electron chi connectivity index (χ0n) is 10.2. The summed E-state index contributed by atoms with van der Waals surface area (Å²) in [6.07, 6.45) is 0.733. The summed E-state index contributed by atoms with van der Waals surface area (Å²) in [4.78, 5) is 11.2. The number of carbonyl (C=O) groups is 1. The third-order valence-electron chi connectivity index (χ3n) is 3.74. The molecule has 0 unspecified atom stereocenters. The lowest BCUT2D eigenvalue weighted by Gasteiger charge is -2.40. The summed E-state index contributed by atoms with van der Waals surface area (Å²) in [5, 5.41) is 9.15. The van der Waals surface area contributed by atoms with Gasteiger partial charge in [-0.05, 0) is 30.5 Å². The average molecular weight is 271 g/mol. The highest BCUT2D eigenvalue weighted by Gasteiger charge is 2.44. The minimum atomic E-state index is -1.18. The van der Waals surface area contributed by atoms with Crippen LogP contribution >= 0.6 is 0 Å². The van der Waals surface area contributed by atoms with Crippen LogP contribution in [-0.2, 0) is 14.9 Å². The van der Waals surface area contributed by atoms with E-state index >= 15 is 0 Å². The Balaban J connectivity index is 2.47. The molecule has 1 aromatic rings. The smallest absolute Gasteiger partial charge is 0.321 e. The van der Waals surface area contributed by atoms with Crippen LogP contribution in [0, 0.1) is 11.6 Å². The molecule has 1 fully saturated rings. The number of hydrogen-bond donors (Lipinski definition) is 2. The third kappa shape index (κ3) is 2.46. The van der Waals surface area contributed by atoms with Crippen molar-refractivity contribution in [3.8, 4) is 0 Å². The van der Waals surface area contributed by atoms with Gasteiger partial charge in [0.05, 0.1) is 0 Å². The van der Waals surface area contributed by atoms with Crippen LogP contribution in [0.3, 0.4) is 0 Å². The van der Waals surface area contributed by atoms with Crippen LogP contribution in [0.4, 0.5) is 8.78 Å². The molecule has 6 heteroatoms. The monoisotopic (exact) mass is 271 g/mol. The molecule has 1 atom stereocenters. The summed E-state index contributed by atoms with van der Waals surface area (Å²) in [5.41, 5.74) is 5.26. The van der Waals surface area contributed by atoms with Crippen molar-refractivity contribution >= 4 is 5.97 Å². The van der Waals surface area contributed by atoms with Crippen molar-refractivity contribution in [3.63, 3.8) is 0 Å². The van der Waals surface area contributed by atoms with Gasteiger partial charge in [-0.2, -0.15) is 0 Å². The molecule has 0 spiro atoms. The molecule has 0 radical (unpaired) electrons. The Labute approximate surface area is 109 Å². The van der Waals surface area contributed by atoms with Gasteiger partial charge in [0, 0.05) is 18.6 Å². The van der Waals surface area contributed by atoms with E-state index in [1.165, 1.54) is 6.07 Å². The number of nitrogens with two attached hydrogens (primary N) is 1. The Morgan fingerprint density at radius 1 is 1.32 bits per heavy atom. The summed E-state index contributed by atoms with van der Waals surface area (Å²) in [6, 6.07) is 2.24. The predicted octanol–water partition coefficient (Wildman–Crippen LogP) is 1.42. The summed E-state index contributed by atoms with van der Waals surface area (Å²) >= 11 is 0. The Morgan fingerprint density at radius 3 is 2.47 bits per heavy atom. The van der Waals surface area contributed by atoms with Gasteiger partial charge < -0.3 is 15.6 Å². The standard InChI is InChI=1S/C13H15F2NO3/c14-9-2-1-8(7-10(9)15)13(11(16)12(17)18)3-5-19-6-4-13/h1-2,7,11H,3-6,16H2,(H,17,18)/t11-/m1/s1. The number of carboxylic acids is 1. The quantitative estimate of drug-likeness (QED) is 0.872. The second-order valence-corrected chi connectivity index (χ2v) is 4.71. The largest absolute Gasteiger partial charge is 0.480 e. The van der Waals surface area contributed by atoms with Gasteiger partial charge in [-0.1, -0.05) is 6.07 Å².